The Morgan fingerprint density at radius 2 is 1.94 bits per heavy atom. The molecule has 2 N–H and O–H groups in total. The zero-order valence-corrected chi connectivity index (χ0v) is 12.0. The van der Waals surface area contributed by atoms with Crippen LogP contribution in [0.15, 0.2) is 0 Å². The van der Waals surface area contributed by atoms with E-state index in [1.54, 1.807) is 11.8 Å². The van der Waals surface area contributed by atoms with E-state index in [2.05, 4.69) is 5.32 Å². The topological polar surface area (TPSA) is 66.4 Å². The van der Waals surface area contributed by atoms with E-state index >= 15 is 0 Å². The Bertz CT molecular complexity index is 301. The molecule has 1 rings (SSSR count). The highest BCUT2D eigenvalue weighted by atomic mass is 32.2. The summed E-state index contributed by atoms with van der Waals surface area (Å²) in [5, 5.41) is 12.5. The average Bonchev–Trinajstić information content (AvgIpc) is 2.37. The van der Waals surface area contributed by atoms with E-state index < -0.39 is 11.4 Å². The predicted molar refractivity (Wildman–Crippen MR) is 73.8 cm³/mol. The highest BCUT2D eigenvalue weighted by molar-refractivity contribution is 7.99. The lowest BCUT2D eigenvalue weighted by Crippen LogP contribution is -2.44. The van der Waals surface area contributed by atoms with Gasteiger partial charge in [-0.2, -0.15) is 11.8 Å². The summed E-state index contributed by atoms with van der Waals surface area (Å²) >= 11 is 1.64. The molecule has 1 aliphatic rings. The zero-order valence-electron chi connectivity index (χ0n) is 11.2. The van der Waals surface area contributed by atoms with Crippen molar-refractivity contribution in [3.05, 3.63) is 0 Å². The second kappa shape index (κ2) is 7.02. The third-order valence-corrected chi connectivity index (χ3v) is 4.73. The fourth-order valence-electron chi connectivity index (χ4n) is 2.38. The number of thioether (sulfide) groups is 1. The summed E-state index contributed by atoms with van der Waals surface area (Å²) in [6, 6.07) is 0. The molecule has 0 radical (unpaired) electrons. The highest BCUT2D eigenvalue weighted by Gasteiger charge is 2.39. The Kier molecular flexibility index (Phi) is 5.99. The molecule has 104 valence electrons. The average molecular weight is 273 g/mol. The molecule has 18 heavy (non-hydrogen) atoms. The number of nitrogens with one attached hydrogen (secondary N) is 1. The van der Waals surface area contributed by atoms with Gasteiger partial charge in [-0.25, -0.2) is 0 Å². The first-order chi connectivity index (χ1) is 8.50. The van der Waals surface area contributed by atoms with E-state index in [0.717, 1.165) is 19.3 Å². The summed E-state index contributed by atoms with van der Waals surface area (Å²) in [6.45, 7) is 2.28. The van der Waals surface area contributed by atoms with Gasteiger partial charge in [-0.15, -0.1) is 0 Å². The van der Waals surface area contributed by atoms with Crippen molar-refractivity contribution in [1.82, 2.24) is 5.32 Å². The van der Waals surface area contributed by atoms with Crippen LogP contribution in [0.3, 0.4) is 0 Å². The number of hydrogen-bond donors (Lipinski definition) is 2. The van der Waals surface area contributed by atoms with Crippen molar-refractivity contribution >= 4 is 23.6 Å². The van der Waals surface area contributed by atoms with Crippen molar-refractivity contribution < 1.29 is 14.7 Å². The number of amides is 1. The maximum atomic E-state index is 11.7. The van der Waals surface area contributed by atoms with Crippen LogP contribution in [-0.2, 0) is 9.59 Å². The summed E-state index contributed by atoms with van der Waals surface area (Å²) < 4.78 is 0. The van der Waals surface area contributed by atoms with Crippen LogP contribution in [0, 0.1) is 5.41 Å². The van der Waals surface area contributed by atoms with Gasteiger partial charge in [0.1, 0.15) is 0 Å². The van der Waals surface area contributed by atoms with Gasteiger partial charge >= 0.3 is 5.97 Å². The summed E-state index contributed by atoms with van der Waals surface area (Å²) in [4.78, 5) is 23.1. The van der Waals surface area contributed by atoms with E-state index in [-0.39, 0.29) is 17.7 Å². The van der Waals surface area contributed by atoms with Gasteiger partial charge in [0.05, 0.1) is 5.41 Å². The number of carbonyl (C=O) groups excluding carboxylic acids is 1. The first-order valence-electron chi connectivity index (χ1n) is 6.53. The molecule has 0 aromatic carbocycles. The maximum Gasteiger partial charge on any atom is 0.311 e. The van der Waals surface area contributed by atoms with Crippen molar-refractivity contribution in [3.63, 3.8) is 0 Å². The molecule has 0 bridgehead atoms. The largest absolute Gasteiger partial charge is 0.481 e. The summed E-state index contributed by atoms with van der Waals surface area (Å²) in [6.07, 6.45) is 6.79. The van der Waals surface area contributed by atoms with Gasteiger partial charge in [-0.1, -0.05) is 26.2 Å². The van der Waals surface area contributed by atoms with Gasteiger partial charge in [0, 0.05) is 18.2 Å². The summed E-state index contributed by atoms with van der Waals surface area (Å²) in [7, 11) is 0. The molecule has 1 aliphatic carbocycles. The highest BCUT2D eigenvalue weighted by Crippen LogP contribution is 2.36. The number of hydrogen-bond acceptors (Lipinski definition) is 3. The van der Waals surface area contributed by atoms with Gasteiger partial charge in [0.15, 0.2) is 0 Å². The Morgan fingerprint density at radius 3 is 2.44 bits per heavy atom. The second-order valence-corrected chi connectivity index (χ2v) is 6.45. The molecular weight excluding hydrogens is 250 g/mol. The molecule has 0 saturated heterocycles. The van der Waals surface area contributed by atoms with Crippen LogP contribution in [0.4, 0.5) is 0 Å². The lowest BCUT2D eigenvalue weighted by atomic mass is 9.74. The Labute approximate surface area is 113 Å². The van der Waals surface area contributed by atoms with Gasteiger partial charge in [-0.05, 0) is 19.1 Å². The fourth-order valence-corrected chi connectivity index (χ4v) is 2.70. The van der Waals surface area contributed by atoms with Gasteiger partial charge in [-0.3, -0.25) is 9.59 Å². The van der Waals surface area contributed by atoms with Crippen LogP contribution in [-0.4, -0.2) is 35.0 Å². The molecule has 5 heteroatoms. The predicted octanol–water partition coefficient (Wildman–Crippen LogP) is 2.28. The normalized spacial score (nSPS) is 20.1. The fraction of sp³-hybridized carbons (Fsp3) is 0.846. The lowest BCUT2D eigenvalue weighted by Gasteiger charge is -2.33. The molecule has 1 amide bonds. The molecule has 1 atom stereocenters. The first-order valence-corrected chi connectivity index (χ1v) is 7.82. The molecule has 4 nitrogen and oxygen atoms in total. The molecular formula is C13H23NO3S. The number of carboxylic acid groups (broad SMARTS) is 1. The van der Waals surface area contributed by atoms with E-state index in [1.807, 2.05) is 13.2 Å². The van der Waals surface area contributed by atoms with Crippen LogP contribution in [0.2, 0.25) is 0 Å². The molecule has 0 aromatic heterocycles. The van der Waals surface area contributed by atoms with Crippen LogP contribution in [0.1, 0.15) is 45.4 Å². The minimum Gasteiger partial charge on any atom is -0.481 e. The third kappa shape index (κ3) is 4.19. The molecule has 0 aliphatic heterocycles. The van der Waals surface area contributed by atoms with Crippen LogP contribution in [0.25, 0.3) is 0 Å². The van der Waals surface area contributed by atoms with E-state index in [4.69, 9.17) is 0 Å². The van der Waals surface area contributed by atoms with Crippen molar-refractivity contribution in [1.29, 1.82) is 0 Å². The van der Waals surface area contributed by atoms with Crippen LogP contribution in [0.5, 0.6) is 0 Å². The lowest BCUT2D eigenvalue weighted by molar-refractivity contribution is -0.151. The molecule has 0 aromatic rings. The van der Waals surface area contributed by atoms with Crippen molar-refractivity contribution in [2.75, 3.05) is 12.8 Å². The van der Waals surface area contributed by atoms with Crippen LogP contribution >= 0.6 is 11.8 Å². The standard InChI is InChI=1S/C13H23NO3S/c1-10(18-2)8-11(15)14-9-13(12(16)17)6-4-3-5-7-13/h10H,3-9H2,1-2H3,(H,14,15)(H,16,17). The molecule has 1 saturated carbocycles. The maximum absolute atomic E-state index is 11.7. The smallest absolute Gasteiger partial charge is 0.311 e. The minimum absolute atomic E-state index is 0.0388. The number of carbonyl (C=O) groups is 2. The Morgan fingerprint density at radius 1 is 1.33 bits per heavy atom. The van der Waals surface area contributed by atoms with Gasteiger partial charge in [0.25, 0.3) is 0 Å². The van der Waals surface area contributed by atoms with Crippen molar-refractivity contribution in [2.24, 2.45) is 5.41 Å². The number of rotatable bonds is 6. The molecule has 0 spiro atoms. The quantitative estimate of drug-likeness (QED) is 0.779. The molecule has 1 unspecified atom stereocenters. The summed E-state index contributed by atoms with van der Waals surface area (Å²) in [5.74, 6) is -0.802. The van der Waals surface area contributed by atoms with Gasteiger partial charge in [0.2, 0.25) is 5.91 Å². The van der Waals surface area contributed by atoms with E-state index in [0.29, 0.717) is 19.3 Å². The minimum atomic E-state index is -0.764. The first kappa shape index (κ1) is 15.3. The monoisotopic (exact) mass is 273 g/mol. The van der Waals surface area contributed by atoms with Crippen molar-refractivity contribution in [2.45, 2.75) is 50.7 Å². The third-order valence-electron chi connectivity index (χ3n) is 3.76. The Hall–Kier alpha value is -0.710. The van der Waals surface area contributed by atoms with Crippen LogP contribution < -0.4 is 5.32 Å². The number of carboxylic acids is 1. The number of aliphatic carboxylic acids is 1. The molecule has 0 heterocycles. The second-order valence-electron chi connectivity index (χ2n) is 5.17. The molecule has 1 fully saturated rings. The van der Waals surface area contributed by atoms with E-state index in [9.17, 15) is 14.7 Å². The zero-order chi connectivity index (χ0) is 13.6. The Balaban J connectivity index is 2.47. The van der Waals surface area contributed by atoms with Gasteiger partial charge < -0.3 is 10.4 Å². The van der Waals surface area contributed by atoms with E-state index in [1.165, 1.54) is 0 Å². The van der Waals surface area contributed by atoms with Crippen molar-refractivity contribution in [3.8, 4) is 0 Å². The SMILES string of the molecule is CSC(C)CC(=O)NCC1(C(=O)O)CCCCC1. The summed E-state index contributed by atoms with van der Waals surface area (Å²) in [5.41, 5.74) is -0.726.